The van der Waals surface area contributed by atoms with Gasteiger partial charge in [-0.3, -0.25) is 9.59 Å². The van der Waals surface area contributed by atoms with E-state index in [0.717, 1.165) is 52.3 Å². The standard InChI is InChI=1S/C40H49N9O5/c1-23(2)33(46-39(52)41-5)37(50)48-19-7-9-31(48)35-42-21-29(44-35)27-15-11-25(12-16-27)26-13-17-28(18-14-26)30-22-43-36(45-30)32-10-8-20-49(32)38(51)34(24(3)4)47-40(53)54-6/h7,9,11-18,21-24,31-34H,8,10,19-20H2,1-6H3,(H,42,44)(H,43,45)(H,47,53)(H2,41,46,52)/t31-,32-,33?,34-/m0/s1. The van der Waals surface area contributed by atoms with Crippen molar-refractivity contribution >= 4 is 23.9 Å². The number of H-pyrrole nitrogens is 2. The fraction of sp³-hybridized carbons (Fsp3) is 0.400. The van der Waals surface area contributed by atoms with Gasteiger partial charge in [0.2, 0.25) is 11.8 Å². The SMILES string of the molecule is CNC(=O)NC(C(=O)N1CC=C[C@H]1c1ncc(-c2ccc(-c3ccc(-c4cnc([C@@H]5CCCN5C(=O)[C@@H](NC(=O)OC)C(C)C)[nH]4)cc3)cc2)[nH]1)C(C)C. The van der Waals surface area contributed by atoms with Crippen molar-refractivity contribution < 1.29 is 23.9 Å². The molecule has 0 aliphatic carbocycles. The highest BCUT2D eigenvalue weighted by molar-refractivity contribution is 5.88. The van der Waals surface area contributed by atoms with Crippen LogP contribution in [-0.2, 0) is 14.3 Å². The first-order valence-corrected chi connectivity index (χ1v) is 18.4. The van der Waals surface area contributed by atoms with Crippen LogP contribution >= 0.6 is 0 Å². The zero-order chi connectivity index (χ0) is 38.5. The molecule has 6 rings (SSSR count). The van der Waals surface area contributed by atoms with Gasteiger partial charge < -0.3 is 40.5 Å². The van der Waals surface area contributed by atoms with Crippen LogP contribution in [0, 0.1) is 11.8 Å². The minimum Gasteiger partial charge on any atom is -0.453 e. The zero-order valence-electron chi connectivity index (χ0n) is 31.6. The molecule has 14 nitrogen and oxygen atoms in total. The molecule has 1 fully saturated rings. The number of alkyl carbamates (subject to hydrolysis) is 1. The quantitative estimate of drug-likeness (QED) is 0.125. The van der Waals surface area contributed by atoms with E-state index < -0.39 is 24.2 Å². The molecule has 2 aromatic carbocycles. The summed E-state index contributed by atoms with van der Waals surface area (Å²) in [6.45, 7) is 8.64. The second-order valence-electron chi connectivity index (χ2n) is 14.4. The lowest BCUT2D eigenvalue weighted by Crippen LogP contribution is -2.53. The molecular formula is C40H49N9O5. The van der Waals surface area contributed by atoms with E-state index in [-0.39, 0.29) is 35.7 Å². The van der Waals surface area contributed by atoms with E-state index in [4.69, 9.17) is 4.74 Å². The van der Waals surface area contributed by atoms with Gasteiger partial charge in [-0.1, -0.05) is 88.4 Å². The zero-order valence-corrected chi connectivity index (χ0v) is 31.6. The normalized spacial score (nSPS) is 17.9. The summed E-state index contributed by atoms with van der Waals surface area (Å²) >= 11 is 0. The number of amides is 5. The van der Waals surface area contributed by atoms with E-state index in [1.807, 2.05) is 64.1 Å². The molecule has 5 amide bonds. The van der Waals surface area contributed by atoms with Crippen LogP contribution in [0.1, 0.15) is 64.3 Å². The largest absolute Gasteiger partial charge is 0.453 e. The lowest BCUT2D eigenvalue weighted by molar-refractivity contribution is -0.136. The Balaban J connectivity index is 1.11. The van der Waals surface area contributed by atoms with Crippen LogP contribution in [0.3, 0.4) is 0 Å². The number of carbonyl (C=O) groups is 4. The molecule has 4 atom stereocenters. The van der Waals surface area contributed by atoms with Crippen LogP contribution in [-0.4, -0.2) is 93.0 Å². The summed E-state index contributed by atoms with van der Waals surface area (Å²) in [5.41, 5.74) is 5.72. The molecule has 0 spiro atoms. The number of nitrogens with zero attached hydrogens (tertiary/aromatic N) is 4. The maximum Gasteiger partial charge on any atom is 0.407 e. The average Bonchev–Trinajstić information content (AvgIpc) is 4.02. The Bertz CT molecular complexity index is 1980. The van der Waals surface area contributed by atoms with E-state index in [1.165, 1.54) is 14.2 Å². The number of rotatable bonds is 11. The summed E-state index contributed by atoms with van der Waals surface area (Å²) in [6, 6.07) is 14.1. The lowest BCUT2D eigenvalue weighted by atomic mass is 10.0. The van der Waals surface area contributed by atoms with Gasteiger partial charge in [-0.25, -0.2) is 19.6 Å². The number of nitrogens with one attached hydrogen (secondary N) is 5. The van der Waals surface area contributed by atoms with E-state index in [9.17, 15) is 19.2 Å². The average molecular weight is 736 g/mol. The number of ether oxygens (including phenoxy) is 1. The molecular weight excluding hydrogens is 686 g/mol. The number of likely N-dealkylation sites (tertiary alicyclic amines) is 1. The van der Waals surface area contributed by atoms with Crippen molar-refractivity contribution in [1.82, 2.24) is 45.7 Å². The number of aromatic amines is 2. The van der Waals surface area contributed by atoms with Crippen molar-refractivity contribution in [3.63, 3.8) is 0 Å². The van der Waals surface area contributed by atoms with Gasteiger partial charge >= 0.3 is 12.1 Å². The van der Waals surface area contributed by atoms with Gasteiger partial charge in [0.05, 0.1) is 36.9 Å². The lowest BCUT2D eigenvalue weighted by Gasteiger charge is -2.30. The van der Waals surface area contributed by atoms with Crippen molar-refractivity contribution in [3.8, 4) is 33.6 Å². The molecule has 0 saturated carbocycles. The van der Waals surface area contributed by atoms with Crippen molar-refractivity contribution in [2.45, 2.75) is 64.7 Å². The first-order valence-electron chi connectivity index (χ1n) is 18.4. The van der Waals surface area contributed by atoms with E-state index in [2.05, 4.69) is 60.2 Å². The summed E-state index contributed by atoms with van der Waals surface area (Å²) in [4.78, 5) is 70.6. The van der Waals surface area contributed by atoms with Gasteiger partial charge in [0.1, 0.15) is 29.8 Å². The maximum atomic E-state index is 13.5. The summed E-state index contributed by atoms with van der Waals surface area (Å²) < 4.78 is 4.75. The molecule has 2 aliphatic heterocycles. The Morgan fingerprint density at radius 2 is 1.28 bits per heavy atom. The van der Waals surface area contributed by atoms with Crippen molar-refractivity contribution in [2.24, 2.45) is 11.8 Å². The summed E-state index contributed by atoms with van der Waals surface area (Å²) in [5, 5.41) is 7.99. The van der Waals surface area contributed by atoms with Crippen LogP contribution in [0.5, 0.6) is 0 Å². The van der Waals surface area contributed by atoms with Crippen molar-refractivity contribution in [3.05, 3.63) is 84.7 Å². The molecule has 284 valence electrons. The second-order valence-corrected chi connectivity index (χ2v) is 14.4. The molecule has 2 aliphatic rings. The van der Waals surface area contributed by atoms with E-state index in [0.29, 0.717) is 18.9 Å². The van der Waals surface area contributed by atoms with Crippen molar-refractivity contribution in [2.75, 3.05) is 27.2 Å². The summed E-state index contributed by atoms with van der Waals surface area (Å²) in [6.07, 6.45) is 8.47. The Morgan fingerprint density at radius 1 is 0.759 bits per heavy atom. The monoisotopic (exact) mass is 735 g/mol. The maximum absolute atomic E-state index is 13.5. The molecule has 14 heteroatoms. The van der Waals surface area contributed by atoms with Crippen molar-refractivity contribution in [1.29, 1.82) is 0 Å². The smallest absolute Gasteiger partial charge is 0.407 e. The Hall–Kier alpha value is -5.92. The van der Waals surface area contributed by atoms with E-state index >= 15 is 0 Å². The van der Waals surface area contributed by atoms with E-state index in [1.54, 1.807) is 22.2 Å². The highest BCUT2D eigenvalue weighted by Crippen LogP contribution is 2.34. The fourth-order valence-corrected chi connectivity index (χ4v) is 7.06. The van der Waals surface area contributed by atoms with Gasteiger partial charge in [0, 0.05) is 20.1 Å². The molecule has 0 bridgehead atoms. The number of hydrogen-bond donors (Lipinski definition) is 5. The van der Waals surface area contributed by atoms with Crippen LogP contribution in [0.2, 0.25) is 0 Å². The van der Waals surface area contributed by atoms with Gasteiger partial charge in [0.15, 0.2) is 0 Å². The highest BCUT2D eigenvalue weighted by Gasteiger charge is 2.38. The minimum atomic E-state index is -0.688. The van der Waals surface area contributed by atoms with Crippen LogP contribution in [0.25, 0.3) is 33.6 Å². The van der Waals surface area contributed by atoms with Crippen LogP contribution in [0.15, 0.2) is 73.1 Å². The van der Waals surface area contributed by atoms with Gasteiger partial charge in [-0.05, 0) is 46.9 Å². The Morgan fingerprint density at radius 3 is 1.83 bits per heavy atom. The number of hydrogen-bond acceptors (Lipinski definition) is 7. The molecule has 1 unspecified atom stereocenters. The Kier molecular flexibility index (Phi) is 11.5. The molecule has 5 N–H and O–H groups in total. The molecule has 54 heavy (non-hydrogen) atoms. The van der Waals surface area contributed by atoms with Gasteiger partial charge in [-0.2, -0.15) is 0 Å². The molecule has 0 radical (unpaired) electrons. The van der Waals surface area contributed by atoms with Gasteiger partial charge in [-0.15, -0.1) is 0 Å². The predicted molar refractivity (Wildman–Crippen MR) is 205 cm³/mol. The number of aromatic nitrogens is 4. The molecule has 1 saturated heterocycles. The molecule has 4 aromatic rings. The number of methoxy groups -OCH3 is 1. The fourth-order valence-electron chi connectivity index (χ4n) is 7.06. The number of carbonyl (C=O) groups excluding carboxylic acids is 4. The molecule has 2 aromatic heterocycles. The van der Waals surface area contributed by atoms with Gasteiger partial charge in [0.25, 0.3) is 0 Å². The first-order chi connectivity index (χ1) is 26.0. The summed E-state index contributed by atoms with van der Waals surface area (Å²) in [7, 11) is 2.81. The second kappa shape index (κ2) is 16.4. The Labute approximate surface area is 315 Å². The number of urea groups is 1. The third-order valence-electron chi connectivity index (χ3n) is 10.1. The van der Waals surface area contributed by atoms with Crippen LogP contribution in [0.4, 0.5) is 9.59 Å². The number of imidazole rings is 2. The minimum absolute atomic E-state index is 0.0919. The third kappa shape index (κ3) is 8.02. The summed E-state index contributed by atoms with van der Waals surface area (Å²) in [5.74, 6) is 0.871. The topological polar surface area (TPSA) is 177 Å². The predicted octanol–water partition coefficient (Wildman–Crippen LogP) is 5.57. The first kappa shape index (κ1) is 37.8. The number of benzene rings is 2. The third-order valence-corrected chi connectivity index (χ3v) is 10.1. The van der Waals surface area contributed by atoms with Crippen LogP contribution < -0.4 is 16.0 Å². The molecule has 4 heterocycles. The highest BCUT2D eigenvalue weighted by atomic mass is 16.5.